The van der Waals surface area contributed by atoms with Gasteiger partial charge in [0.05, 0.1) is 18.8 Å². The molecule has 0 saturated carbocycles. The van der Waals surface area contributed by atoms with E-state index in [1.807, 2.05) is 0 Å². The second kappa shape index (κ2) is 28.8. The molecule has 0 aliphatic rings. The largest absolute Gasteiger partial charge is 0.394 e. The van der Waals surface area contributed by atoms with Crippen LogP contribution in [0.15, 0.2) is 24.3 Å². The Morgan fingerprint density at radius 3 is 1.58 bits per heavy atom. The zero-order valence-electron chi connectivity index (χ0n) is 25.1. The Morgan fingerprint density at radius 1 is 0.632 bits per heavy atom. The van der Waals surface area contributed by atoms with Gasteiger partial charge in [0.2, 0.25) is 5.91 Å². The molecule has 5 heteroatoms. The van der Waals surface area contributed by atoms with Gasteiger partial charge in [-0.3, -0.25) is 4.79 Å². The maximum absolute atomic E-state index is 12.3. The second-order valence-corrected chi connectivity index (χ2v) is 11.0. The fourth-order valence-electron chi connectivity index (χ4n) is 4.68. The second-order valence-electron chi connectivity index (χ2n) is 11.0. The van der Waals surface area contributed by atoms with E-state index in [4.69, 9.17) is 0 Å². The van der Waals surface area contributed by atoms with Crippen molar-refractivity contribution in [1.29, 1.82) is 0 Å². The van der Waals surface area contributed by atoms with Crippen LogP contribution in [0.2, 0.25) is 0 Å². The molecule has 4 N–H and O–H groups in total. The minimum absolute atomic E-state index is 0.168. The number of hydrogen-bond acceptors (Lipinski definition) is 4. The lowest BCUT2D eigenvalue weighted by Gasteiger charge is -2.26. The smallest absolute Gasteiger partial charge is 0.220 e. The van der Waals surface area contributed by atoms with Gasteiger partial charge in [0.15, 0.2) is 0 Å². The van der Waals surface area contributed by atoms with E-state index in [0.717, 1.165) is 44.9 Å². The minimum Gasteiger partial charge on any atom is -0.394 e. The molecule has 0 spiro atoms. The van der Waals surface area contributed by atoms with Gasteiger partial charge >= 0.3 is 0 Å². The third kappa shape index (κ3) is 23.9. The maximum Gasteiger partial charge on any atom is 0.220 e. The number of carbonyl (C=O) groups excluding carboxylic acids is 1. The third-order valence-corrected chi connectivity index (χ3v) is 7.28. The molecule has 0 bridgehead atoms. The van der Waals surface area contributed by atoms with Crippen molar-refractivity contribution < 1.29 is 20.1 Å². The van der Waals surface area contributed by atoms with E-state index in [-0.39, 0.29) is 12.5 Å². The zero-order chi connectivity index (χ0) is 28.1. The first-order valence-electron chi connectivity index (χ1n) is 16.1. The fourth-order valence-corrected chi connectivity index (χ4v) is 4.68. The number of allylic oxidation sites excluding steroid dienone is 4. The summed E-state index contributed by atoms with van der Waals surface area (Å²) in [4.78, 5) is 12.3. The van der Waals surface area contributed by atoms with Gasteiger partial charge in [-0.25, -0.2) is 0 Å². The highest BCUT2D eigenvalue weighted by Gasteiger charge is 2.26. The molecule has 0 aromatic heterocycles. The van der Waals surface area contributed by atoms with Crippen LogP contribution in [0.3, 0.4) is 0 Å². The van der Waals surface area contributed by atoms with Gasteiger partial charge < -0.3 is 20.6 Å². The average molecular weight is 538 g/mol. The van der Waals surface area contributed by atoms with Crippen molar-refractivity contribution in [3.05, 3.63) is 24.3 Å². The number of aliphatic hydroxyl groups is 3. The summed E-state index contributed by atoms with van der Waals surface area (Å²) in [6, 6.07) is -0.824. The lowest BCUT2D eigenvalue weighted by molar-refractivity contribution is -0.124. The first-order chi connectivity index (χ1) is 18.6. The summed E-state index contributed by atoms with van der Waals surface area (Å²) in [5.74, 6) is -0.168. The van der Waals surface area contributed by atoms with Crippen LogP contribution in [0.1, 0.15) is 155 Å². The van der Waals surface area contributed by atoms with Crippen LogP contribution in [0.4, 0.5) is 0 Å². The highest BCUT2D eigenvalue weighted by molar-refractivity contribution is 5.76. The van der Waals surface area contributed by atoms with E-state index >= 15 is 0 Å². The Bertz CT molecular complexity index is 563. The minimum atomic E-state index is -1.16. The van der Waals surface area contributed by atoms with E-state index in [0.29, 0.717) is 12.8 Å². The summed E-state index contributed by atoms with van der Waals surface area (Å²) in [6.07, 6.45) is 31.3. The summed E-state index contributed by atoms with van der Waals surface area (Å²) in [7, 11) is 0. The fraction of sp³-hybridized carbons (Fsp3) is 0.848. The number of unbranched alkanes of at least 4 members (excludes halogenated alkanes) is 16. The van der Waals surface area contributed by atoms with E-state index < -0.39 is 18.2 Å². The normalized spacial score (nSPS) is 14.3. The Hall–Kier alpha value is -1.17. The Labute approximate surface area is 235 Å². The van der Waals surface area contributed by atoms with Crippen molar-refractivity contribution in [2.24, 2.45) is 0 Å². The van der Waals surface area contributed by atoms with Crippen LogP contribution in [0.5, 0.6) is 0 Å². The zero-order valence-corrected chi connectivity index (χ0v) is 25.1. The van der Waals surface area contributed by atoms with Crippen molar-refractivity contribution in [2.45, 2.75) is 173 Å². The predicted octanol–water partition coefficient (Wildman–Crippen LogP) is 7.92. The van der Waals surface area contributed by atoms with Crippen LogP contribution in [-0.2, 0) is 4.79 Å². The van der Waals surface area contributed by atoms with Crippen molar-refractivity contribution in [3.63, 3.8) is 0 Å². The molecule has 0 aromatic carbocycles. The maximum atomic E-state index is 12.3. The quantitative estimate of drug-likeness (QED) is 0.0603. The molecular weight excluding hydrogens is 474 g/mol. The molecule has 3 unspecified atom stereocenters. The Kier molecular flexibility index (Phi) is 27.9. The third-order valence-electron chi connectivity index (χ3n) is 7.28. The summed E-state index contributed by atoms with van der Waals surface area (Å²) >= 11 is 0. The van der Waals surface area contributed by atoms with Gasteiger partial charge in [-0.15, -0.1) is 0 Å². The van der Waals surface area contributed by atoms with Crippen LogP contribution in [0, 0.1) is 0 Å². The predicted molar refractivity (Wildman–Crippen MR) is 162 cm³/mol. The van der Waals surface area contributed by atoms with E-state index in [2.05, 4.69) is 43.5 Å². The highest BCUT2D eigenvalue weighted by Crippen LogP contribution is 2.12. The number of hydrogen-bond donors (Lipinski definition) is 4. The van der Waals surface area contributed by atoms with Crippen molar-refractivity contribution in [3.8, 4) is 0 Å². The molecule has 5 nitrogen and oxygen atoms in total. The molecule has 0 radical (unpaired) electrons. The van der Waals surface area contributed by atoms with E-state index in [9.17, 15) is 20.1 Å². The van der Waals surface area contributed by atoms with Gasteiger partial charge in [-0.05, 0) is 64.2 Å². The molecule has 1 amide bonds. The molecule has 0 saturated heterocycles. The molecule has 0 aliphatic carbocycles. The van der Waals surface area contributed by atoms with Gasteiger partial charge in [0.25, 0.3) is 0 Å². The lowest BCUT2D eigenvalue weighted by atomic mass is 10.0. The first-order valence-corrected chi connectivity index (χ1v) is 16.1. The first kappa shape index (κ1) is 36.8. The standard InChI is InChI=1S/C33H63NO4/c1-3-5-7-9-11-13-14-15-16-17-18-19-20-22-24-26-28-32(37)34-30(29-35)33(38)31(36)27-25-23-21-12-10-8-6-4-2/h12,16-17,21,30-31,33,35-36,38H,3-11,13-15,18-20,22-29H2,1-2H3,(H,34,37)/b17-16-,21-12+. The van der Waals surface area contributed by atoms with Crippen LogP contribution < -0.4 is 5.32 Å². The molecular formula is C33H63NO4. The molecule has 3 atom stereocenters. The number of nitrogens with one attached hydrogen (secondary N) is 1. The van der Waals surface area contributed by atoms with Crippen molar-refractivity contribution in [2.75, 3.05) is 6.61 Å². The van der Waals surface area contributed by atoms with Gasteiger partial charge in [0, 0.05) is 6.42 Å². The number of amides is 1. The highest BCUT2D eigenvalue weighted by atomic mass is 16.3. The SMILES string of the molecule is CCCCC/C=C/CCCC(O)C(O)C(CO)NC(=O)CCCCCCC/C=C\CCCCCCCCC. The van der Waals surface area contributed by atoms with Gasteiger partial charge in [-0.2, -0.15) is 0 Å². The summed E-state index contributed by atoms with van der Waals surface area (Å²) in [5.41, 5.74) is 0. The van der Waals surface area contributed by atoms with E-state index in [1.54, 1.807) is 0 Å². The van der Waals surface area contributed by atoms with Gasteiger partial charge in [0.1, 0.15) is 6.10 Å². The number of carbonyl (C=O) groups is 1. The summed E-state index contributed by atoms with van der Waals surface area (Å²) < 4.78 is 0. The van der Waals surface area contributed by atoms with Crippen molar-refractivity contribution in [1.82, 2.24) is 5.32 Å². The van der Waals surface area contributed by atoms with Crippen LogP contribution in [0.25, 0.3) is 0 Å². The van der Waals surface area contributed by atoms with E-state index in [1.165, 1.54) is 83.5 Å². The molecule has 0 rings (SSSR count). The topological polar surface area (TPSA) is 89.8 Å². The average Bonchev–Trinajstić information content (AvgIpc) is 2.92. The van der Waals surface area contributed by atoms with Crippen LogP contribution >= 0.6 is 0 Å². The summed E-state index contributed by atoms with van der Waals surface area (Å²) in [6.45, 7) is 4.07. The molecule has 0 heterocycles. The van der Waals surface area contributed by atoms with Crippen molar-refractivity contribution >= 4 is 5.91 Å². The molecule has 0 aliphatic heterocycles. The van der Waals surface area contributed by atoms with Gasteiger partial charge in [-0.1, -0.05) is 109 Å². The number of aliphatic hydroxyl groups excluding tert-OH is 3. The molecule has 0 fully saturated rings. The molecule has 224 valence electrons. The Balaban J connectivity index is 3.76. The Morgan fingerprint density at radius 2 is 1.05 bits per heavy atom. The molecule has 0 aromatic rings. The monoisotopic (exact) mass is 537 g/mol. The number of rotatable bonds is 28. The lowest BCUT2D eigenvalue weighted by Crippen LogP contribution is -2.50. The molecule has 38 heavy (non-hydrogen) atoms. The summed E-state index contributed by atoms with van der Waals surface area (Å²) in [5, 5.41) is 33.0. The van der Waals surface area contributed by atoms with Crippen LogP contribution in [-0.4, -0.2) is 46.1 Å².